The highest BCUT2D eigenvalue weighted by Crippen LogP contribution is 2.24. The lowest BCUT2D eigenvalue weighted by molar-refractivity contribution is 0.411. The number of rotatable bonds is 4. The van der Waals surface area contributed by atoms with E-state index in [-0.39, 0.29) is 5.82 Å². The van der Waals surface area contributed by atoms with Crippen molar-refractivity contribution in [2.24, 2.45) is 0 Å². The summed E-state index contributed by atoms with van der Waals surface area (Å²) in [7, 11) is 1.65. The van der Waals surface area contributed by atoms with Crippen molar-refractivity contribution in [1.29, 1.82) is 0 Å². The first kappa shape index (κ1) is 13.7. The third kappa shape index (κ3) is 3.38. The fourth-order valence-corrected chi connectivity index (χ4v) is 2.07. The van der Waals surface area contributed by atoms with Gasteiger partial charge in [-0.05, 0) is 42.3 Å². The summed E-state index contributed by atoms with van der Waals surface area (Å²) >= 11 is 5.99. The zero-order valence-corrected chi connectivity index (χ0v) is 11.6. The minimum absolute atomic E-state index is 0.308. The van der Waals surface area contributed by atoms with Gasteiger partial charge in [0.05, 0.1) is 17.8 Å². The standard InChI is InChI=1S/C15H15ClFNO/c1-10-7-11(3-6-15(10)19-2)9-18-14-8-12(17)4-5-13(14)16/h3-8,18H,9H2,1-2H3. The van der Waals surface area contributed by atoms with E-state index in [1.165, 1.54) is 12.1 Å². The Hall–Kier alpha value is -1.74. The van der Waals surface area contributed by atoms with Crippen LogP contribution in [0, 0.1) is 12.7 Å². The number of hydrogen-bond donors (Lipinski definition) is 1. The Balaban J connectivity index is 2.10. The van der Waals surface area contributed by atoms with Crippen molar-refractivity contribution in [3.8, 4) is 5.75 Å². The van der Waals surface area contributed by atoms with Crippen LogP contribution in [-0.4, -0.2) is 7.11 Å². The lowest BCUT2D eigenvalue weighted by atomic mass is 10.1. The SMILES string of the molecule is COc1ccc(CNc2cc(F)ccc2Cl)cc1C. The first-order valence-electron chi connectivity index (χ1n) is 5.92. The summed E-state index contributed by atoms with van der Waals surface area (Å²) in [4.78, 5) is 0. The van der Waals surface area contributed by atoms with Gasteiger partial charge in [-0.3, -0.25) is 0 Å². The largest absolute Gasteiger partial charge is 0.496 e. The van der Waals surface area contributed by atoms with Gasteiger partial charge >= 0.3 is 0 Å². The quantitative estimate of drug-likeness (QED) is 0.895. The molecule has 0 saturated carbocycles. The Morgan fingerprint density at radius 1 is 1.21 bits per heavy atom. The van der Waals surface area contributed by atoms with E-state index in [1.54, 1.807) is 13.2 Å². The number of ether oxygens (including phenoxy) is 1. The van der Waals surface area contributed by atoms with Gasteiger partial charge in [0, 0.05) is 6.54 Å². The number of hydrogen-bond acceptors (Lipinski definition) is 2. The van der Waals surface area contributed by atoms with E-state index in [2.05, 4.69) is 5.32 Å². The molecule has 2 aromatic rings. The predicted molar refractivity (Wildman–Crippen MR) is 76.5 cm³/mol. The van der Waals surface area contributed by atoms with E-state index in [9.17, 15) is 4.39 Å². The second-order valence-corrected chi connectivity index (χ2v) is 4.69. The van der Waals surface area contributed by atoms with Crippen LogP contribution in [0.15, 0.2) is 36.4 Å². The summed E-state index contributed by atoms with van der Waals surface area (Å²) in [5, 5.41) is 3.63. The average molecular weight is 280 g/mol. The van der Waals surface area contributed by atoms with Crippen LogP contribution in [0.4, 0.5) is 10.1 Å². The van der Waals surface area contributed by atoms with E-state index >= 15 is 0 Å². The van der Waals surface area contributed by atoms with Crippen molar-refractivity contribution < 1.29 is 9.13 Å². The van der Waals surface area contributed by atoms with Crippen molar-refractivity contribution in [2.75, 3.05) is 12.4 Å². The van der Waals surface area contributed by atoms with Crippen LogP contribution in [0.25, 0.3) is 0 Å². The van der Waals surface area contributed by atoms with Crippen LogP contribution < -0.4 is 10.1 Å². The van der Waals surface area contributed by atoms with E-state index in [1.807, 2.05) is 25.1 Å². The van der Waals surface area contributed by atoms with Gasteiger partial charge < -0.3 is 10.1 Å². The van der Waals surface area contributed by atoms with Gasteiger partial charge in [-0.15, -0.1) is 0 Å². The molecule has 0 aliphatic heterocycles. The van der Waals surface area contributed by atoms with Gasteiger partial charge in [-0.25, -0.2) is 4.39 Å². The molecule has 1 N–H and O–H groups in total. The predicted octanol–water partition coefficient (Wildman–Crippen LogP) is 4.41. The van der Waals surface area contributed by atoms with Crippen LogP contribution in [-0.2, 0) is 6.54 Å². The van der Waals surface area contributed by atoms with Crippen LogP contribution in [0.2, 0.25) is 5.02 Å². The zero-order valence-electron chi connectivity index (χ0n) is 10.8. The fourth-order valence-electron chi connectivity index (χ4n) is 1.88. The number of anilines is 1. The van der Waals surface area contributed by atoms with E-state index in [0.29, 0.717) is 17.3 Å². The molecule has 0 fully saturated rings. The van der Waals surface area contributed by atoms with E-state index in [0.717, 1.165) is 16.9 Å². The molecule has 100 valence electrons. The monoisotopic (exact) mass is 279 g/mol. The van der Waals surface area contributed by atoms with Gasteiger partial charge in [0.25, 0.3) is 0 Å². The van der Waals surface area contributed by atoms with Gasteiger partial charge in [0.2, 0.25) is 0 Å². The molecule has 2 rings (SSSR count). The summed E-state index contributed by atoms with van der Waals surface area (Å²) in [6.07, 6.45) is 0. The van der Waals surface area contributed by atoms with Crippen molar-refractivity contribution >= 4 is 17.3 Å². The van der Waals surface area contributed by atoms with Gasteiger partial charge in [0.1, 0.15) is 11.6 Å². The van der Waals surface area contributed by atoms with E-state index in [4.69, 9.17) is 16.3 Å². The van der Waals surface area contributed by atoms with Gasteiger partial charge in [-0.1, -0.05) is 23.7 Å². The summed E-state index contributed by atoms with van der Waals surface area (Å²) in [5.74, 6) is 0.547. The molecule has 0 aromatic heterocycles. The summed E-state index contributed by atoms with van der Waals surface area (Å²) in [6, 6.07) is 10.2. The Kier molecular flexibility index (Phi) is 4.27. The maximum atomic E-state index is 13.1. The lowest BCUT2D eigenvalue weighted by Gasteiger charge is -2.10. The molecule has 2 aromatic carbocycles. The van der Waals surface area contributed by atoms with Crippen molar-refractivity contribution in [1.82, 2.24) is 0 Å². The first-order chi connectivity index (χ1) is 9.10. The molecule has 4 heteroatoms. The molecule has 0 unspecified atom stereocenters. The molecule has 0 bridgehead atoms. The minimum atomic E-state index is -0.308. The molecular formula is C15H15ClFNO. The first-order valence-corrected chi connectivity index (χ1v) is 6.30. The number of benzene rings is 2. The summed E-state index contributed by atoms with van der Waals surface area (Å²) in [5.41, 5.74) is 2.74. The van der Waals surface area contributed by atoms with Crippen LogP contribution in [0.5, 0.6) is 5.75 Å². The van der Waals surface area contributed by atoms with Crippen LogP contribution in [0.3, 0.4) is 0 Å². The summed E-state index contributed by atoms with van der Waals surface area (Å²) in [6.45, 7) is 2.56. The molecule has 0 atom stereocenters. The third-order valence-electron chi connectivity index (χ3n) is 2.87. The van der Waals surface area contributed by atoms with Gasteiger partial charge in [-0.2, -0.15) is 0 Å². The number of methoxy groups -OCH3 is 1. The van der Waals surface area contributed by atoms with Crippen molar-refractivity contribution in [3.63, 3.8) is 0 Å². The lowest BCUT2D eigenvalue weighted by Crippen LogP contribution is -2.01. The molecule has 0 spiro atoms. The van der Waals surface area contributed by atoms with Crippen LogP contribution in [0.1, 0.15) is 11.1 Å². The Bertz CT molecular complexity index is 586. The molecule has 0 aliphatic carbocycles. The zero-order chi connectivity index (χ0) is 13.8. The van der Waals surface area contributed by atoms with E-state index < -0.39 is 0 Å². The maximum absolute atomic E-state index is 13.1. The molecule has 0 saturated heterocycles. The highest BCUT2D eigenvalue weighted by atomic mass is 35.5. The second kappa shape index (κ2) is 5.93. The molecule has 0 heterocycles. The van der Waals surface area contributed by atoms with Gasteiger partial charge in [0.15, 0.2) is 0 Å². The normalized spacial score (nSPS) is 10.3. The average Bonchev–Trinajstić information content (AvgIpc) is 2.40. The molecule has 0 radical (unpaired) electrons. The molecule has 2 nitrogen and oxygen atoms in total. The smallest absolute Gasteiger partial charge is 0.125 e. The maximum Gasteiger partial charge on any atom is 0.125 e. The number of aryl methyl sites for hydroxylation is 1. The Labute approximate surface area is 117 Å². The molecule has 0 aliphatic rings. The van der Waals surface area contributed by atoms with Crippen LogP contribution >= 0.6 is 11.6 Å². The number of nitrogens with one attached hydrogen (secondary N) is 1. The third-order valence-corrected chi connectivity index (χ3v) is 3.20. The van der Waals surface area contributed by atoms with Crippen molar-refractivity contribution in [2.45, 2.75) is 13.5 Å². The summed E-state index contributed by atoms with van der Waals surface area (Å²) < 4.78 is 18.3. The Morgan fingerprint density at radius 3 is 2.68 bits per heavy atom. The highest BCUT2D eigenvalue weighted by molar-refractivity contribution is 6.33. The second-order valence-electron chi connectivity index (χ2n) is 4.28. The molecule has 0 amide bonds. The fraction of sp³-hybridized carbons (Fsp3) is 0.200. The number of halogens is 2. The Morgan fingerprint density at radius 2 is 2.00 bits per heavy atom. The molecular weight excluding hydrogens is 265 g/mol. The van der Waals surface area contributed by atoms with Crippen molar-refractivity contribution in [3.05, 3.63) is 58.4 Å². The minimum Gasteiger partial charge on any atom is -0.496 e. The highest BCUT2D eigenvalue weighted by Gasteiger charge is 2.03. The molecule has 19 heavy (non-hydrogen) atoms. The topological polar surface area (TPSA) is 21.3 Å².